The number of amidine groups is 1. The molecule has 2 aliphatic heterocycles. The molecule has 0 aromatic heterocycles. The summed E-state index contributed by atoms with van der Waals surface area (Å²) in [6.07, 6.45) is 0. The molecule has 0 spiro atoms. The molecule has 13 heavy (non-hydrogen) atoms. The Morgan fingerprint density at radius 3 is 3.00 bits per heavy atom. The van der Waals surface area contributed by atoms with Gasteiger partial charge in [-0.2, -0.15) is 0 Å². The molecule has 0 radical (unpaired) electrons. The second-order valence-corrected chi connectivity index (χ2v) is 5.94. The van der Waals surface area contributed by atoms with E-state index in [9.17, 15) is 0 Å². The van der Waals surface area contributed by atoms with Crippen LogP contribution in [0.1, 0.15) is 13.8 Å². The second-order valence-electron chi connectivity index (χ2n) is 3.48. The van der Waals surface area contributed by atoms with Gasteiger partial charge in [0.2, 0.25) is 10.0 Å². The largest absolute Gasteiger partial charge is 0.261 e. The lowest BCUT2D eigenvalue weighted by molar-refractivity contribution is -0.607. The maximum atomic E-state index is 4.20. The van der Waals surface area contributed by atoms with Crippen LogP contribution in [0.25, 0.3) is 0 Å². The van der Waals surface area contributed by atoms with Gasteiger partial charge >= 0.3 is 0 Å². The van der Waals surface area contributed by atoms with Gasteiger partial charge in [0.05, 0.1) is 11.5 Å². The van der Waals surface area contributed by atoms with Crippen molar-refractivity contribution in [1.82, 2.24) is 5.43 Å². The summed E-state index contributed by atoms with van der Waals surface area (Å²) in [5, 5.41) is 1.03. The lowest BCUT2D eigenvalue weighted by Gasteiger charge is -2.21. The first kappa shape index (κ1) is 9.40. The van der Waals surface area contributed by atoms with Crippen LogP contribution in [-0.2, 0) is 0 Å². The number of rotatable bonds is 0. The first-order valence-electron chi connectivity index (χ1n) is 4.28. The molecule has 0 amide bonds. The van der Waals surface area contributed by atoms with E-state index in [1.165, 1.54) is 5.71 Å². The molecular formula is C8H14N3S2+. The van der Waals surface area contributed by atoms with E-state index in [2.05, 4.69) is 29.0 Å². The van der Waals surface area contributed by atoms with Crippen molar-refractivity contribution >= 4 is 34.4 Å². The number of aliphatic imine (C=N–C) groups is 1. The molecule has 0 bridgehead atoms. The van der Waals surface area contributed by atoms with Crippen molar-refractivity contribution in [2.75, 3.05) is 18.6 Å². The predicted molar refractivity (Wildman–Crippen MR) is 60.8 cm³/mol. The average Bonchev–Trinajstić information content (AvgIpc) is 2.43. The van der Waals surface area contributed by atoms with Crippen LogP contribution in [0, 0.1) is 0 Å². The van der Waals surface area contributed by atoms with Crippen molar-refractivity contribution in [3.8, 4) is 0 Å². The lowest BCUT2D eigenvalue weighted by Crippen LogP contribution is -2.46. The van der Waals surface area contributed by atoms with Crippen LogP contribution >= 0.6 is 23.5 Å². The highest BCUT2D eigenvalue weighted by Crippen LogP contribution is 2.37. The Balaban J connectivity index is 2.39. The maximum absolute atomic E-state index is 4.20. The minimum Gasteiger partial charge on any atom is -0.261 e. The van der Waals surface area contributed by atoms with E-state index in [0.717, 1.165) is 16.7 Å². The Kier molecular flexibility index (Phi) is 2.32. The highest BCUT2D eigenvalue weighted by Gasteiger charge is 2.49. The molecule has 1 atom stereocenters. The Morgan fingerprint density at radius 2 is 2.38 bits per heavy atom. The highest BCUT2D eigenvalue weighted by atomic mass is 32.2. The zero-order chi connectivity index (χ0) is 9.47. The SMILES string of the molecule is CN=C1N[N+]2=C(C)CSCC2(C)S1. The molecule has 2 heterocycles. The van der Waals surface area contributed by atoms with E-state index >= 15 is 0 Å². The van der Waals surface area contributed by atoms with Gasteiger partial charge in [-0.05, 0) is 11.8 Å². The van der Waals surface area contributed by atoms with Gasteiger partial charge < -0.3 is 0 Å². The zero-order valence-corrected chi connectivity index (χ0v) is 9.76. The number of nitrogens with zero attached hydrogens (tertiary/aromatic N) is 2. The molecule has 0 saturated carbocycles. The van der Waals surface area contributed by atoms with E-state index in [1.54, 1.807) is 0 Å². The highest BCUT2D eigenvalue weighted by molar-refractivity contribution is 8.15. The molecule has 5 heteroatoms. The molecule has 2 aliphatic rings. The number of hydrogen-bond acceptors (Lipinski definition) is 3. The van der Waals surface area contributed by atoms with Gasteiger partial charge in [0.15, 0.2) is 5.71 Å². The predicted octanol–water partition coefficient (Wildman–Crippen LogP) is 1.16. The third-order valence-corrected chi connectivity index (χ3v) is 5.07. The smallest absolute Gasteiger partial charge is 0.250 e. The Labute approximate surface area is 87.0 Å². The minimum atomic E-state index is 0.168. The second kappa shape index (κ2) is 3.20. The van der Waals surface area contributed by atoms with E-state index in [4.69, 9.17) is 0 Å². The van der Waals surface area contributed by atoms with Crippen LogP contribution in [0.2, 0.25) is 0 Å². The van der Waals surface area contributed by atoms with Crippen molar-refractivity contribution < 1.29 is 4.68 Å². The summed E-state index contributed by atoms with van der Waals surface area (Å²) in [6, 6.07) is 0. The topological polar surface area (TPSA) is 27.4 Å². The van der Waals surface area contributed by atoms with Gasteiger partial charge in [0.25, 0.3) is 0 Å². The van der Waals surface area contributed by atoms with E-state index in [-0.39, 0.29) is 4.87 Å². The number of fused-ring (bicyclic) bond motifs is 1. The summed E-state index contributed by atoms with van der Waals surface area (Å²) in [5.74, 6) is 2.28. The number of hydrazone groups is 1. The van der Waals surface area contributed by atoms with Gasteiger partial charge in [-0.25, -0.2) is 0 Å². The average molecular weight is 216 g/mol. The van der Waals surface area contributed by atoms with Gasteiger partial charge in [0.1, 0.15) is 0 Å². The van der Waals surface area contributed by atoms with Crippen molar-refractivity contribution in [3.05, 3.63) is 0 Å². The normalized spacial score (nSPS) is 36.4. The molecule has 3 nitrogen and oxygen atoms in total. The van der Waals surface area contributed by atoms with Crippen molar-refractivity contribution in [1.29, 1.82) is 0 Å². The molecule has 72 valence electrons. The summed E-state index contributed by atoms with van der Waals surface area (Å²) in [5.41, 5.74) is 4.72. The van der Waals surface area contributed by atoms with Crippen LogP contribution in [0.3, 0.4) is 0 Å². The van der Waals surface area contributed by atoms with Gasteiger partial charge in [-0.15, -0.1) is 21.9 Å². The summed E-state index contributed by atoms with van der Waals surface area (Å²) in [6.45, 7) is 4.44. The standard InChI is InChI=1S/C8H14N3S2/c1-6-4-12-5-8(2)11(6)10-7(9-3)13-8/h4-5H2,1-3H3,(H,9,10)/q+1. The molecule has 0 aromatic carbocycles. The number of hydrogen-bond donors (Lipinski definition) is 1. The Hall–Kier alpha value is -0.160. The van der Waals surface area contributed by atoms with Gasteiger partial charge in [-0.1, -0.05) is 0 Å². The molecule has 2 rings (SSSR count). The third kappa shape index (κ3) is 1.48. The fourth-order valence-corrected chi connectivity index (χ4v) is 4.09. The van der Waals surface area contributed by atoms with Crippen molar-refractivity contribution in [2.24, 2.45) is 4.99 Å². The van der Waals surface area contributed by atoms with E-state index in [0.29, 0.717) is 0 Å². The quantitative estimate of drug-likeness (QED) is 0.616. The van der Waals surface area contributed by atoms with Crippen LogP contribution in [0.5, 0.6) is 0 Å². The summed E-state index contributed by atoms with van der Waals surface area (Å²) in [7, 11) is 1.83. The summed E-state index contributed by atoms with van der Waals surface area (Å²) >= 11 is 3.82. The number of hydrazine groups is 1. The first-order chi connectivity index (χ1) is 6.15. The molecule has 1 unspecified atom stereocenters. The summed E-state index contributed by atoms with van der Waals surface area (Å²) < 4.78 is 2.26. The van der Waals surface area contributed by atoms with E-state index in [1.807, 2.05) is 30.6 Å². The monoisotopic (exact) mass is 216 g/mol. The molecule has 1 fully saturated rings. The number of thioether (sulfide) groups is 2. The van der Waals surface area contributed by atoms with Crippen LogP contribution in [0.15, 0.2) is 4.99 Å². The van der Waals surface area contributed by atoms with Crippen LogP contribution in [0.4, 0.5) is 0 Å². The third-order valence-electron chi connectivity index (χ3n) is 2.26. The maximum Gasteiger partial charge on any atom is 0.250 e. The van der Waals surface area contributed by atoms with Crippen LogP contribution in [-0.4, -0.2) is 39.0 Å². The summed E-state index contributed by atoms with van der Waals surface area (Å²) in [4.78, 5) is 4.36. The fraction of sp³-hybridized carbons (Fsp3) is 0.750. The molecular weight excluding hydrogens is 202 g/mol. The molecule has 0 aliphatic carbocycles. The Bertz CT molecular complexity index is 298. The van der Waals surface area contributed by atoms with Crippen LogP contribution < -0.4 is 5.43 Å². The minimum absolute atomic E-state index is 0.168. The first-order valence-corrected chi connectivity index (χ1v) is 6.26. The molecule has 0 aromatic rings. The molecule has 1 saturated heterocycles. The van der Waals surface area contributed by atoms with Gasteiger partial charge in [-0.3, -0.25) is 4.99 Å². The number of nitrogens with one attached hydrogen (secondary N) is 1. The van der Waals surface area contributed by atoms with Crippen molar-refractivity contribution in [2.45, 2.75) is 18.7 Å². The Morgan fingerprint density at radius 1 is 1.62 bits per heavy atom. The molecule has 1 N–H and O–H groups in total. The fourth-order valence-electron chi connectivity index (χ4n) is 1.63. The van der Waals surface area contributed by atoms with Crippen molar-refractivity contribution in [3.63, 3.8) is 0 Å². The van der Waals surface area contributed by atoms with E-state index < -0.39 is 0 Å². The van der Waals surface area contributed by atoms with Gasteiger partial charge in [0, 0.05) is 20.9 Å². The lowest BCUT2D eigenvalue weighted by atomic mass is 10.3. The zero-order valence-electron chi connectivity index (χ0n) is 8.13.